The van der Waals surface area contributed by atoms with E-state index in [4.69, 9.17) is 5.11 Å². The Balaban J connectivity index is 1.86. The molecule has 0 unspecified atom stereocenters. The van der Waals surface area contributed by atoms with Gasteiger partial charge in [0.15, 0.2) is 0 Å². The van der Waals surface area contributed by atoms with Crippen molar-refractivity contribution in [1.29, 1.82) is 0 Å². The van der Waals surface area contributed by atoms with Crippen LogP contribution in [0.2, 0.25) is 0 Å². The predicted molar refractivity (Wildman–Crippen MR) is 58.3 cm³/mol. The maximum absolute atomic E-state index is 11.5. The zero-order chi connectivity index (χ0) is 12.0. The van der Waals surface area contributed by atoms with Gasteiger partial charge in [-0.15, -0.1) is 6.58 Å². The fourth-order valence-corrected chi connectivity index (χ4v) is 3.76. The standard InChI is InChI=1S/C10H15NO4S/c1-2-3-4-16(14,15)11-8-6-10(9(12)13)5-7(8)10/h2,7-8,11H,1,3-6H2,(H,12,13)/t7-,8-,10-/m0/s1. The van der Waals surface area contributed by atoms with E-state index in [1.165, 1.54) is 0 Å². The minimum Gasteiger partial charge on any atom is -0.481 e. The predicted octanol–water partition coefficient (Wildman–Crippen LogP) is 0.345. The molecule has 2 aliphatic rings. The summed E-state index contributed by atoms with van der Waals surface area (Å²) < 4.78 is 25.6. The van der Waals surface area contributed by atoms with E-state index >= 15 is 0 Å². The van der Waals surface area contributed by atoms with Crippen LogP contribution in [0, 0.1) is 11.3 Å². The molecule has 0 aromatic carbocycles. The summed E-state index contributed by atoms with van der Waals surface area (Å²) in [6.07, 6.45) is 3.01. The first-order chi connectivity index (χ1) is 7.41. The van der Waals surface area contributed by atoms with Crippen molar-refractivity contribution in [2.75, 3.05) is 5.75 Å². The molecule has 5 nitrogen and oxygen atoms in total. The average Bonchev–Trinajstić information content (AvgIpc) is 2.79. The van der Waals surface area contributed by atoms with Crippen LogP contribution in [0.4, 0.5) is 0 Å². The summed E-state index contributed by atoms with van der Waals surface area (Å²) in [5, 5.41) is 8.90. The number of hydrogen-bond acceptors (Lipinski definition) is 3. The number of carbonyl (C=O) groups is 1. The van der Waals surface area contributed by atoms with Crippen LogP contribution in [0.15, 0.2) is 12.7 Å². The van der Waals surface area contributed by atoms with Gasteiger partial charge in [-0.05, 0) is 25.2 Å². The van der Waals surface area contributed by atoms with Gasteiger partial charge >= 0.3 is 5.97 Å². The summed E-state index contributed by atoms with van der Waals surface area (Å²) >= 11 is 0. The lowest BCUT2D eigenvalue weighted by Crippen LogP contribution is -2.48. The number of nitrogens with one attached hydrogen (secondary N) is 1. The van der Waals surface area contributed by atoms with Crippen LogP contribution in [0.5, 0.6) is 0 Å². The topological polar surface area (TPSA) is 83.5 Å². The van der Waals surface area contributed by atoms with Gasteiger partial charge in [0.05, 0.1) is 11.2 Å². The van der Waals surface area contributed by atoms with E-state index in [-0.39, 0.29) is 17.7 Å². The van der Waals surface area contributed by atoms with E-state index in [9.17, 15) is 13.2 Å². The highest BCUT2D eigenvalue weighted by atomic mass is 32.2. The van der Waals surface area contributed by atoms with Crippen LogP contribution >= 0.6 is 0 Å². The van der Waals surface area contributed by atoms with Gasteiger partial charge in [0, 0.05) is 6.04 Å². The molecular formula is C10H15NO4S. The highest BCUT2D eigenvalue weighted by molar-refractivity contribution is 7.89. The van der Waals surface area contributed by atoms with Gasteiger partial charge in [0.2, 0.25) is 10.0 Å². The Morgan fingerprint density at radius 1 is 1.56 bits per heavy atom. The molecular weight excluding hydrogens is 230 g/mol. The smallest absolute Gasteiger partial charge is 0.310 e. The fraction of sp³-hybridized carbons (Fsp3) is 0.700. The van der Waals surface area contributed by atoms with Crippen LogP contribution in [-0.2, 0) is 14.8 Å². The van der Waals surface area contributed by atoms with Crippen LogP contribution < -0.4 is 4.72 Å². The SMILES string of the molecule is C=CCCS(=O)(=O)N[C@H]1C[C@@]2(C(=O)O)C[C@@H]12. The van der Waals surface area contributed by atoms with Crippen LogP contribution in [0.3, 0.4) is 0 Å². The molecule has 0 spiro atoms. The van der Waals surface area contributed by atoms with Crippen LogP contribution in [0.25, 0.3) is 0 Å². The van der Waals surface area contributed by atoms with Gasteiger partial charge in [-0.1, -0.05) is 6.08 Å². The molecule has 6 heteroatoms. The van der Waals surface area contributed by atoms with Gasteiger partial charge in [-0.25, -0.2) is 13.1 Å². The minimum atomic E-state index is -3.28. The highest BCUT2D eigenvalue weighted by Gasteiger charge is 2.72. The van der Waals surface area contributed by atoms with Crippen molar-refractivity contribution in [2.45, 2.75) is 25.3 Å². The Kier molecular flexibility index (Phi) is 2.58. The highest BCUT2D eigenvalue weighted by Crippen LogP contribution is 2.67. The molecule has 2 aliphatic carbocycles. The molecule has 2 N–H and O–H groups in total. The van der Waals surface area contributed by atoms with Crippen molar-refractivity contribution in [3.05, 3.63) is 12.7 Å². The Bertz CT molecular complexity index is 430. The quantitative estimate of drug-likeness (QED) is 0.661. The third kappa shape index (κ3) is 1.76. The number of fused-ring (bicyclic) bond motifs is 1. The first-order valence-electron chi connectivity index (χ1n) is 5.25. The van der Waals surface area contributed by atoms with Gasteiger partial charge < -0.3 is 5.11 Å². The van der Waals surface area contributed by atoms with Gasteiger partial charge in [-0.2, -0.15) is 0 Å². The molecule has 2 saturated carbocycles. The van der Waals surface area contributed by atoms with Gasteiger partial charge in [0.1, 0.15) is 0 Å². The summed E-state index contributed by atoms with van der Waals surface area (Å²) in [4.78, 5) is 10.8. The summed E-state index contributed by atoms with van der Waals surface area (Å²) in [6.45, 7) is 3.46. The molecule has 0 aromatic heterocycles. The molecule has 2 rings (SSSR count). The Labute approximate surface area is 94.6 Å². The molecule has 0 aliphatic heterocycles. The third-order valence-corrected chi connectivity index (χ3v) is 4.99. The van der Waals surface area contributed by atoms with Crippen molar-refractivity contribution in [3.63, 3.8) is 0 Å². The fourth-order valence-electron chi connectivity index (χ4n) is 2.45. The number of sulfonamides is 1. The van der Waals surface area contributed by atoms with Gasteiger partial charge in [0.25, 0.3) is 0 Å². The molecule has 0 radical (unpaired) electrons. The van der Waals surface area contributed by atoms with Crippen molar-refractivity contribution < 1.29 is 18.3 Å². The zero-order valence-electron chi connectivity index (χ0n) is 8.85. The maximum Gasteiger partial charge on any atom is 0.310 e. The minimum absolute atomic E-state index is 0.00325. The summed E-state index contributed by atoms with van der Waals surface area (Å²) in [6, 6.07) is -0.175. The second kappa shape index (κ2) is 3.56. The first kappa shape index (κ1) is 11.6. The summed E-state index contributed by atoms with van der Waals surface area (Å²) in [5.74, 6) is -0.762. The van der Waals surface area contributed by atoms with E-state index in [0.717, 1.165) is 0 Å². The van der Waals surface area contributed by atoms with Crippen molar-refractivity contribution in [1.82, 2.24) is 4.72 Å². The number of rotatable bonds is 6. The van der Waals surface area contributed by atoms with Crippen LogP contribution in [0.1, 0.15) is 19.3 Å². The average molecular weight is 245 g/mol. The number of hydrogen-bond donors (Lipinski definition) is 2. The second-order valence-electron chi connectivity index (χ2n) is 4.60. The third-order valence-electron chi connectivity index (χ3n) is 3.55. The second-order valence-corrected chi connectivity index (χ2v) is 6.47. The largest absolute Gasteiger partial charge is 0.481 e. The van der Waals surface area contributed by atoms with E-state index in [0.29, 0.717) is 19.3 Å². The molecule has 90 valence electrons. The lowest BCUT2D eigenvalue weighted by Gasteiger charge is -2.31. The summed E-state index contributed by atoms with van der Waals surface area (Å²) in [5.41, 5.74) is -0.606. The normalized spacial score (nSPS) is 36.0. The van der Waals surface area contributed by atoms with Gasteiger partial charge in [-0.3, -0.25) is 4.79 Å². The Hall–Kier alpha value is -0.880. The molecule has 0 saturated heterocycles. The number of carboxylic acids is 1. The van der Waals surface area contributed by atoms with E-state index in [1.54, 1.807) is 6.08 Å². The van der Waals surface area contributed by atoms with E-state index in [2.05, 4.69) is 11.3 Å². The molecule has 0 aromatic rings. The van der Waals surface area contributed by atoms with Crippen molar-refractivity contribution in [2.24, 2.45) is 11.3 Å². The van der Waals surface area contributed by atoms with Crippen molar-refractivity contribution in [3.8, 4) is 0 Å². The first-order valence-corrected chi connectivity index (χ1v) is 6.91. The molecule has 2 fully saturated rings. The number of aliphatic carboxylic acids is 1. The lowest BCUT2D eigenvalue weighted by atomic mass is 9.81. The molecule has 0 amide bonds. The Morgan fingerprint density at radius 2 is 2.25 bits per heavy atom. The molecule has 16 heavy (non-hydrogen) atoms. The number of allylic oxidation sites excluding steroid dienone is 1. The molecule has 0 heterocycles. The zero-order valence-corrected chi connectivity index (χ0v) is 9.66. The number of carboxylic acid groups (broad SMARTS) is 1. The molecule has 3 atom stereocenters. The monoisotopic (exact) mass is 245 g/mol. The van der Waals surface area contributed by atoms with Crippen molar-refractivity contribution >= 4 is 16.0 Å². The molecule has 0 bridgehead atoms. The summed E-state index contributed by atoms with van der Waals surface area (Å²) in [7, 11) is -3.28. The lowest BCUT2D eigenvalue weighted by molar-refractivity contribution is -0.147. The van der Waals surface area contributed by atoms with Crippen LogP contribution in [-0.4, -0.2) is 31.3 Å². The van der Waals surface area contributed by atoms with E-state index in [1.807, 2.05) is 0 Å². The van der Waals surface area contributed by atoms with E-state index < -0.39 is 21.4 Å². The maximum atomic E-state index is 11.5. The Morgan fingerprint density at radius 3 is 2.69 bits per heavy atom.